The van der Waals surface area contributed by atoms with Crippen LogP contribution in [-0.2, 0) is 0 Å². The van der Waals surface area contributed by atoms with Crippen LogP contribution in [0, 0.1) is 13.8 Å². The van der Waals surface area contributed by atoms with Crippen LogP contribution in [0.25, 0.3) is 16.7 Å². The zero-order chi connectivity index (χ0) is 17.9. The van der Waals surface area contributed by atoms with E-state index >= 15 is 0 Å². The highest BCUT2D eigenvalue weighted by Crippen LogP contribution is 2.41. The summed E-state index contributed by atoms with van der Waals surface area (Å²) in [7, 11) is 0. The molecule has 1 N–H and O–H groups in total. The van der Waals surface area contributed by atoms with Gasteiger partial charge in [0.15, 0.2) is 11.4 Å². The molecular weight excluding hydrogens is 323 g/mol. The Balaban J connectivity index is 1.87. The number of aromatic amines is 1. The Labute approximate surface area is 142 Å². The molecule has 1 fully saturated rings. The highest BCUT2D eigenvalue weighted by atomic mass is 19.1. The Hall–Kier alpha value is -2.83. The molecule has 0 spiro atoms. The number of H-pyrrole nitrogens is 1. The summed E-state index contributed by atoms with van der Waals surface area (Å²) < 4.78 is 14.9. The first-order chi connectivity index (χ1) is 11.8. The number of hydrogen-bond donors (Lipinski definition) is 1. The smallest absolute Gasteiger partial charge is 0.262 e. The second-order valence-electron chi connectivity index (χ2n) is 6.64. The van der Waals surface area contributed by atoms with Crippen molar-refractivity contribution in [3.8, 4) is 5.69 Å². The molecule has 0 amide bonds. The third-order valence-electron chi connectivity index (χ3n) is 4.60. The van der Waals surface area contributed by atoms with E-state index in [0.717, 1.165) is 16.8 Å². The summed E-state index contributed by atoms with van der Waals surface area (Å²) in [4.78, 5) is 30.9. The largest absolute Gasteiger partial charge is 0.310 e. The van der Waals surface area contributed by atoms with E-state index in [4.69, 9.17) is 0 Å². The number of ketones is 1. The molecule has 2 atom stereocenters. The number of fused-ring (bicyclic) bond motifs is 1. The number of hydrogen-bond acceptors (Lipinski definition) is 4. The van der Waals surface area contributed by atoms with Gasteiger partial charge in [0.2, 0.25) is 0 Å². The molecule has 2 unspecified atom stereocenters. The number of benzene rings is 1. The monoisotopic (exact) mass is 340 g/mol. The summed E-state index contributed by atoms with van der Waals surface area (Å²) >= 11 is 0. The summed E-state index contributed by atoms with van der Waals surface area (Å²) in [5, 5.41) is 4.77. The van der Waals surface area contributed by atoms with Gasteiger partial charge in [0.1, 0.15) is 17.4 Å². The molecule has 2 aromatic heterocycles. The Morgan fingerprint density at radius 2 is 1.96 bits per heavy atom. The molecule has 128 valence electrons. The molecule has 2 heterocycles. The van der Waals surface area contributed by atoms with E-state index in [9.17, 15) is 14.0 Å². The van der Waals surface area contributed by atoms with Crippen molar-refractivity contribution in [3.05, 3.63) is 51.2 Å². The summed E-state index contributed by atoms with van der Waals surface area (Å²) in [6.07, 6.45) is 1.07. The SMILES string of the molecule is CC(=O)c1cc(C)c(-n2cc3c(=O)[nH]c(C4CC4F)nc3n2)c(C)c1. The van der Waals surface area contributed by atoms with Crippen molar-refractivity contribution in [2.45, 2.75) is 39.3 Å². The lowest BCUT2D eigenvalue weighted by atomic mass is 10.0. The fraction of sp³-hybridized carbons (Fsp3) is 0.333. The highest BCUT2D eigenvalue weighted by Gasteiger charge is 2.41. The average Bonchev–Trinajstić information content (AvgIpc) is 3.11. The number of aromatic nitrogens is 4. The van der Waals surface area contributed by atoms with Gasteiger partial charge >= 0.3 is 0 Å². The number of nitrogens with one attached hydrogen (secondary N) is 1. The lowest BCUT2D eigenvalue weighted by Crippen LogP contribution is -2.10. The van der Waals surface area contributed by atoms with Crippen LogP contribution in [0.2, 0.25) is 0 Å². The number of nitrogens with zero attached hydrogens (tertiary/aromatic N) is 3. The van der Waals surface area contributed by atoms with E-state index in [1.807, 2.05) is 13.8 Å². The fourth-order valence-corrected chi connectivity index (χ4v) is 3.19. The standard InChI is InChI=1S/C18H17FN4O2/c1-8-4-11(10(3)24)5-9(2)15(8)23-7-13-17(22-23)20-16(21-18(13)25)12-6-14(12)19/h4-5,7,12,14H,6H2,1-3H3,(H,20,21,22,25). The molecule has 0 saturated heterocycles. The molecule has 0 radical (unpaired) electrons. The number of alkyl halides is 1. The van der Waals surface area contributed by atoms with Crippen LogP contribution < -0.4 is 5.56 Å². The van der Waals surface area contributed by atoms with Gasteiger partial charge in [-0.3, -0.25) is 9.59 Å². The molecular formula is C18H17FN4O2. The molecule has 1 aliphatic rings. The number of carbonyl (C=O) groups is 1. The van der Waals surface area contributed by atoms with Gasteiger partial charge in [-0.1, -0.05) is 0 Å². The van der Waals surface area contributed by atoms with Gasteiger partial charge in [-0.05, 0) is 50.5 Å². The van der Waals surface area contributed by atoms with Crippen LogP contribution in [0.3, 0.4) is 0 Å². The van der Waals surface area contributed by atoms with E-state index in [0.29, 0.717) is 28.8 Å². The zero-order valence-electron chi connectivity index (χ0n) is 14.1. The quantitative estimate of drug-likeness (QED) is 0.744. The van der Waals surface area contributed by atoms with Crippen molar-refractivity contribution in [2.75, 3.05) is 0 Å². The fourth-order valence-electron chi connectivity index (χ4n) is 3.19. The van der Waals surface area contributed by atoms with E-state index in [-0.39, 0.29) is 17.3 Å². The summed E-state index contributed by atoms with van der Waals surface area (Å²) in [5.74, 6) is 0.0209. The van der Waals surface area contributed by atoms with Gasteiger partial charge in [-0.2, -0.15) is 0 Å². The number of rotatable bonds is 3. The number of halogens is 1. The van der Waals surface area contributed by atoms with E-state index in [1.165, 1.54) is 6.92 Å². The average molecular weight is 340 g/mol. The summed E-state index contributed by atoms with van der Waals surface area (Å²) in [5.41, 5.74) is 3.17. The Bertz CT molecular complexity index is 1060. The first kappa shape index (κ1) is 15.7. The van der Waals surface area contributed by atoms with Crippen molar-refractivity contribution in [1.82, 2.24) is 19.7 Å². The van der Waals surface area contributed by atoms with Gasteiger partial charge in [0.05, 0.1) is 11.6 Å². The van der Waals surface area contributed by atoms with E-state index in [2.05, 4.69) is 15.1 Å². The summed E-state index contributed by atoms with van der Waals surface area (Å²) in [6, 6.07) is 3.61. The van der Waals surface area contributed by atoms with Gasteiger partial charge in [0.25, 0.3) is 5.56 Å². The maximum absolute atomic E-state index is 13.3. The van der Waals surface area contributed by atoms with Crippen molar-refractivity contribution in [3.63, 3.8) is 0 Å². The molecule has 6 nitrogen and oxygen atoms in total. The zero-order valence-corrected chi connectivity index (χ0v) is 14.1. The predicted molar refractivity (Wildman–Crippen MR) is 91.2 cm³/mol. The van der Waals surface area contributed by atoms with E-state index < -0.39 is 6.17 Å². The molecule has 0 bridgehead atoms. The highest BCUT2D eigenvalue weighted by molar-refractivity contribution is 5.94. The molecule has 7 heteroatoms. The van der Waals surface area contributed by atoms with Crippen LogP contribution in [0.1, 0.15) is 46.6 Å². The summed E-state index contributed by atoms with van der Waals surface area (Å²) in [6.45, 7) is 5.31. The third-order valence-corrected chi connectivity index (χ3v) is 4.60. The lowest BCUT2D eigenvalue weighted by molar-refractivity contribution is 0.101. The molecule has 1 aliphatic carbocycles. The van der Waals surface area contributed by atoms with Crippen molar-refractivity contribution >= 4 is 16.8 Å². The Morgan fingerprint density at radius 3 is 2.52 bits per heavy atom. The minimum atomic E-state index is -0.939. The van der Waals surface area contributed by atoms with Crippen LogP contribution in [-0.4, -0.2) is 31.7 Å². The van der Waals surface area contributed by atoms with Crippen LogP contribution >= 0.6 is 0 Å². The Kier molecular flexibility index (Phi) is 3.35. The predicted octanol–water partition coefficient (Wildman–Crippen LogP) is 2.75. The molecule has 25 heavy (non-hydrogen) atoms. The van der Waals surface area contributed by atoms with Gasteiger partial charge < -0.3 is 4.98 Å². The van der Waals surface area contributed by atoms with Crippen LogP contribution in [0.4, 0.5) is 4.39 Å². The topological polar surface area (TPSA) is 80.6 Å². The first-order valence-corrected chi connectivity index (χ1v) is 8.11. The number of Topliss-reactive ketones (excluding diaryl/α,β-unsaturated/α-hetero) is 1. The maximum Gasteiger partial charge on any atom is 0.262 e. The van der Waals surface area contributed by atoms with Gasteiger partial charge in [0, 0.05) is 11.8 Å². The van der Waals surface area contributed by atoms with Crippen LogP contribution in [0.5, 0.6) is 0 Å². The number of aryl methyl sites for hydroxylation is 2. The van der Waals surface area contributed by atoms with Crippen LogP contribution in [0.15, 0.2) is 23.1 Å². The lowest BCUT2D eigenvalue weighted by Gasteiger charge is -2.11. The minimum Gasteiger partial charge on any atom is -0.310 e. The minimum absolute atomic E-state index is 0.00339. The van der Waals surface area contributed by atoms with E-state index in [1.54, 1.807) is 23.0 Å². The third kappa shape index (κ3) is 2.56. The Morgan fingerprint density at radius 1 is 1.32 bits per heavy atom. The van der Waals surface area contributed by atoms with Gasteiger partial charge in [-0.25, -0.2) is 14.1 Å². The molecule has 1 saturated carbocycles. The molecule has 1 aromatic carbocycles. The van der Waals surface area contributed by atoms with Crippen molar-refractivity contribution in [1.29, 1.82) is 0 Å². The first-order valence-electron chi connectivity index (χ1n) is 8.11. The van der Waals surface area contributed by atoms with Gasteiger partial charge in [-0.15, -0.1) is 5.10 Å². The second kappa shape index (κ2) is 5.34. The van der Waals surface area contributed by atoms with Crippen molar-refractivity contribution in [2.24, 2.45) is 0 Å². The maximum atomic E-state index is 13.3. The number of carbonyl (C=O) groups excluding carboxylic acids is 1. The molecule has 4 rings (SSSR count). The molecule has 3 aromatic rings. The molecule has 0 aliphatic heterocycles. The second-order valence-corrected chi connectivity index (χ2v) is 6.64. The van der Waals surface area contributed by atoms with Crippen molar-refractivity contribution < 1.29 is 9.18 Å². The normalized spacial score (nSPS) is 19.4.